The zero-order valence-electron chi connectivity index (χ0n) is 11.5. The van der Waals surface area contributed by atoms with Crippen LogP contribution in [0, 0.1) is 0 Å². The Balaban J connectivity index is 2.79. The van der Waals surface area contributed by atoms with Crippen LogP contribution in [-0.2, 0) is 11.2 Å². The third-order valence-electron chi connectivity index (χ3n) is 2.76. The molecule has 1 aromatic carbocycles. The molecule has 2 amide bonds. The van der Waals surface area contributed by atoms with E-state index in [1.165, 1.54) is 4.90 Å². The minimum atomic E-state index is -0.158. The highest BCUT2D eigenvalue weighted by Gasteiger charge is 2.16. The molecule has 0 atom stereocenters. The molecule has 0 spiro atoms. The summed E-state index contributed by atoms with van der Waals surface area (Å²) < 4.78 is 0. The van der Waals surface area contributed by atoms with Crippen molar-refractivity contribution in [3.63, 3.8) is 0 Å². The summed E-state index contributed by atoms with van der Waals surface area (Å²) in [7, 11) is 1.62. The van der Waals surface area contributed by atoms with Crippen LogP contribution in [-0.4, -0.2) is 43.4 Å². The van der Waals surface area contributed by atoms with Crippen LogP contribution < -0.4 is 11.1 Å². The van der Waals surface area contributed by atoms with Gasteiger partial charge in [0.2, 0.25) is 5.91 Å². The van der Waals surface area contributed by atoms with Gasteiger partial charge in [-0.2, -0.15) is 0 Å². The molecule has 19 heavy (non-hydrogen) atoms. The van der Waals surface area contributed by atoms with Crippen LogP contribution in [0.3, 0.4) is 0 Å². The van der Waals surface area contributed by atoms with E-state index in [2.05, 4.69) is 5.32 Å². The number of nitrogens with one attached hydrogen (secondary N) is 1. The van der Waals surface area contributed by atoms with Crippen LogP contribution in [0.15, 0.2) is 24.3 Å². The Morgan fingerprint density at radius 2 is 2.00 bits per heavy atom. The lowest BCUT2D eigenvalue weighted by Gasteiger charge is -2.18. The maximum absolute atomic E-state index is 12.3. The molecular weight excluding hydrogens is 242 g/mol. The number of amides is 2. The van der Waals surface area contributed by atoms with Crippen LogP contribution in [0.25, 0.3) is 0 Å². The molecule has 1 aromatic rings. The van der Waals surface area contributed by atoms with Crippen molar-refractivity contribution >= 4 is 11.8 Å². The molecule has 0 saturated carbocycles. The number of carbonyl (C=O) groups is 2. The second-order valence-electron chi connectivity index (χ2n) is 4.31. The second-order valence-corrected chi connectivity index (χ2v) is 4.31. The van der Waals surface area contributed by atoms with Gasteiger partial charge in [-0.25, -0.2) is 0 Å². The van der Waals surface area contributed by atoms with Gasteiger partial charge in [0.1, 0.15) is 0 Å². The number of likely N-dealkylation sites (N-methyl/N-ethyl adjacent to an activating group) is 2. The molecule has 3 N–H and O–H groups in total. The number of nitrogens with zero attached hydrogens (tertiary/aromatic N) is 1. The molecule has 0 saturated heterocycles. The maximum Gasteiger partial charge on any atom is 0.254 e. The summed E-state index contributed by atoms with van der Waals surface area (Å²) in [6, 6.07) is 7.35. The zero-order valence-corrected chi connectivity index (χ0v) is 11.5. The fourth-order valence-electron chi connectivity index (χ4n) is 1.85. The minimum Gasteiger partial charge on any atom is -0.355 e. The molecule has 0 aromatic heterocycles. The Morgan fingerprint density at radius 1 is 1.32 bits per heavy atom. The first-order chi connectivity index (χ1) is 9.10. The molecular formula is C14H21N3O2. The average Bonchev–Trinajstić information content (AvgIpc) is 2.39. The number of benzene rings is 1. The van der Waals surface area contributed by atoms with E-state index in [1.807, 2.05) is 25.1 Å². The SMILES string of the molecule is CCNC(=O)CN(C)C(=O)c1ccccc1CCN. The molecule has 5 nitrogen and oxygen atoms in total. The van der Waals surface area contributed by atoms with E-state index in [1.54, 1.807) is 13.1 Å². The lowest BCUT2D eigenvalue weighted by Crippen LogP contribution is -2.38. The summed E-state index contributed by atoms with van der Waals surface area (Å²) >= 11 is 0. The van der Waals surface area contributed by atoms with E-state index >= 15 is 0 Å². The molecule has 0 fully saturated rings. The van der Waals surface area contributed by atoms with Crippen LogP contribution in [0.2, 0.25) is 0 Å². The molecule has 0 aliphatic rings. The summed E-state index contributed by atoms with van der Waals surface area (Å²) in [4.78, 5) is 25.2. The highest BCUT2D eigenvalue weighted by atomic mass is 16.2. The highest BCUT2D eigenvalue weighted by Crippen LogP contribution is 2.11. The first-order valence-corrected chi connectivity index (χ1v) is 6.40. The second kappa shape index (κ2) is 7.53. The van der Waals surface area contributed by atoms with E-state index < -0.39 is 0 Å². The normalized spacial score (nSPS) is 10.1. The maximum atomic E-state index is 12.3. The molecule has 0 bridgehead atoms. The summed E-state index contributed by atoms with van der Waals surface area (Å²) in [5.74, 6) is -0.315. The van der Waals surface area contributed by atoms with Gasteiger partial charge in [-0.15, -0.1) is 0 Å². The summed E-state index contributed by atoms with van der Waals surface area (Å²) in [6.07, 6.45) is 0.650. The predicted molar refractivity (Wildman–Crippen MR) is 74.8 cm³/mol. The first kappa shape index (κ1) is 15.2. The van der Waals surface area contributed by atoms with E-state index in [4.69, 9.17) is 5.73 Å². The molecule has 104 valence electrons. The molecule has 0 aliphatic carbocycles. The van der Waals surface area contributed by atoms with Crippen LogP contribution >= 0.6 is 0 Å². The average molecular weight is 263 g/mol. The van der Waals surface area contributed by atoms with Crippen molar-refractivity contribution in [2.24, 2.45) is 5.73 Å². The largest absolute Gasteiger partial charge is 0.355 e. The van der Waals surface area contributed by atoms with Crippen molar-refractivity contribution in [3.8, 4) is 0 Å². The van der Waals surface area contributed by atoms with E-state index in [0.717, 1.165) is 5.56 Å². The van der Waals surface area contributed by atoms with Crippen molar-refractivity contribution in [2.45, 2.75) is 13.3 Å². The minimum absolute atomic E-state index is 0.0592. The van der Waals surface area contributed by atoms with Crippen molar-refractivity contribution < 1.29 is 9.59 Å². The molecule has 0 aliphatic heterocycles. The summed E-state index contributed by atoms with van der Waals surface area (Å²) in [5, 5.41) is 2.67. The summed E-state index contributed by atoms with van der Waals surface area (Å²) in [6.45, 7) is 2.95. The number of hydrogen-bond donors (Lipinski definition) is 2. The Bertz CT molecular complexity index is 446. The van der Waals surface area contributed by atoms with E-state index in [0.29, 0.717) is 25.1 Å². The van der Waals surface area contributed by atoms with Crippen LogP contribution in [0.4, 0.5) is 0 Å². The summed E-state index contributed by atoms with van der Waals surface area (Å²) in [5.41, 5.74) is 7.06. The Kier molecular flexibility index (Phi) is 6.02. The van der Waals surface area contributed by atoms with Gasteiger partial charge in [0.05, 0.1) is 6.54 Å². The lowest BCUT2D eigenvalue weighted by atomic mass is 10.0. The van der Waals surface area contributed by atoms with Gasteiger partial charge in [-0.1, -0.05) is 18.2 Å². The third kappa shape index (κ3) is 4.37. The van der Waals surface area contributed by atoms with Gasteiger partial charge in [0, 0.05) is 19.2 Å². The molecule has 0 heterocycles. The van der Waals surface area contributed by atoms with Crippen LogP contribution in [0.5, 0.6) is 0 Å². The van der Waals surface area contributed by atoms with Crippen molar-refractivity contribution in [3.05, 3.63) is 35.4 Å². The van der Waals surface area contributed by atoms with E-state index in [-0.39, 0.29) is 18.4 Å². The monoisotopic (exact) mass is 263 g/mol. The van der Waals surface area contributed by atoms with Gasteiger partial charge < -0.3 is 16.0 Å². The number of rotatable bonds is 6. The fraction of sp³-hybridized carbons (Fsp3) is 0.429. The third-order valence-corrected chi connectivity index (χ3v) is 2.76. The van der Waals surface area contributed by atoms with Gasteiger partial charge in [-0.05, 0) is 31.5 Å². The number of nitrogens with two attached hydrogens (primary N) is 1. The smallest absolute Gasteiger partial charge is 0.254 e. The Hall–Kier alpha value is -1.88. The zero-order chi connectivity index (χ0) is 14.3. The molecule has 0 radical (unpaired) electrons. The predicted octanol–water partition coefficient (Wildman–Crippen LogP) is 0.396. The van der Waals surface area contributed by atoms with Crippen molar-refractivity contribution in [1.82, 2.24) is 10.2 Å². The molecule has 0 unspecified atom stereocenters. The first-order valence-electron chi connectivity index (χ1n) is 6.40. The van der Waals surface area contributed by atoms with Crippen molar-refractivity contribution in [2.75, 3.05) is 26.7 Å². The van der Waals surface area contributed by atoms with Gasteiger partial charge >= 0.3 is 0 Å². The Morgan fingerprint density at radius 3 is 2.63 bits per heavy atom. The molecule has 5 heteroatoms. The highest BCUT2D eigenvalue weighted by molar-refractivity contribution is 5.97. The fourth-order valence-corrected chi connectivity index (χ4v) is 1.85. The van der Waals surface area contributed by atoms with Gasteiger partial charge in [-0.3, -0.25) is 9.59 Å². The topological polar surface area (TPSA) is 75.4 Å². The van der Waals surface area contributed by atoms with Gasteiger partial charge in [0.25, 0.3) is 5.91 Å². The van der Waals surface area contributed by atoms with E-state index in [9.17, 15) is 9.59 Å². The quantitative estimate of drug-likeness (QED) is 0.780. The van der Waals surface area contributed by atoms with Crippen LogP contribution in [0.1, 0.15) is 22.8 Å². The van der Waals surface area contributed by atoms with Crippen molar-refractivity contribution in [1.29, 1.82) is 0 Å². The number of carbonyl (C=O) groups excluding carboxylic acids is 2. The lowest BCUT2D eigenvalue weighted by molar-refractivity contribution is -0.121. The standard InChI is InChI=1S/C14H21N3O2/c1-3-16-13(18)10-17(2)14(19)12-7-5-4-6-11(12)8-9-15/h4-7H,3,8-10,15H2,1-2H3,(H,16,18). The van der Waals surface area contributed by atoms with Gasteiger partial charge in [0.15, 0.2) is 0 Å². The molecule has 1 rings (SSSR count). The Labute approximate surface area is 113 Å². The number of hydrogen-bond acceptors (Lipinski definition) is 3.